The van der Waals surface area contributed by atoms with Gasteiger partial charge in [-0.3, -0.25) is 18.9 Å². The fourth-order valence-corrected chi connectivity index (χ4v) is 2.94. The molecule has 0 spiro atoms. The average molecular weight is 375 g/mol. The summed E-state index contributed by atoms with van der Waals surface area (Å²) in [6.45, 7) is 0.387. The number of H-pyrrole nitrogens is 1. The molecule has 1 unspecified atom stereocenters. The van der Waals surface area contributed by atoms with Crippen molar-refractivity contribution in [1.29, 1.82) is 0 Å². The summed E-state index contributed by atoms with van der Waals surface area (Å²) >= 11 is 0. The van der Waals surface area contributed by atoms with Gasteiger partial charge in [-0.05, 0) is 12.8 Å². The number of nitrogen functional groups attached to an aromatic ring is 1. The largest absolute Gasteiger partial charge is 0.377 e. The number of rotatable bonds is 10. The number of hydrogen-bond acceptors (Lipinski definition) is 7. The molecule has 0 aliphatic rings. The van der Waals surface area contributed by atoms with E-state index < -0.39 is 19.4 Å². The summed E-state index contributed by atoms with van der Waals surface area (Å²) in [7, 11) is -3.91. The van der Waals surface area contributed by atoms with Gasteiger partial charge < -0.3 is 25.4 Å². The van der Waals surface area contributed by atoms with Gasteiger partial charge in [0.2, 0.25) is 5.95 Å². The van der Waals surface area contributed by atoms with Gasteiger partial charge in [0.05, 0.1) is 12.9 Å². The van der Waals surface area contributed by atoms with Crippen molar-refractivity contribution in [2.75, 3.05) is 25.1 Å². The molecule has 0 amide bonds. The number of aliphatic hydroxyl groups is 1. The maximum atomic E-state index is 11.7. The zero-order valence-corrected chi connectivity index (χ0v) is 14.4. The summed E-state index contributed by atoms with van der Waals surface area (Å²) in [6, 6.07) is 0. The van der Waals surface area contributed by atoms with Gasteiger partial charge in [-0.2, -0.15) is 4.98 Å². The molecule has 2 aromatic rings. The Morgan fingerprint density at radius 3 is 2.76 bits per heavy atom. The highest BCUT2D eigenvalue weighted by Crippen LogP contribution is 2.35. The van der Waals surface area contributed by atoms with Crippen LogP contribution in [0.15, 0.2) is 11.1 Å². The van der Waals surface area contributed by atoms with Gasteiger partial charge in [-0.15, -0.1) is 0 Å². The monoisotopic (exact) mass is 375 g/mol. The molecule has 0 aromatic carbocycles. The summed E-state index contributed by atoms with van der Waals surface area (Å²) in [5, 5.41) is 10.1. The van der Waals surface area contributed by atoms with Gasteiger partial charge in [0.15, 0.2) is 17.4 Å². The molecule has 0 aliphatic heterocycles. The molecule has 1 atom stereocenters. The second-order valence-electron chi connectivity index (χ2n) is 5.63. The molecular formula is C13H22N5O6P. The molecule has 25 heavy (non-hydrogen) atoms. The van der Waals surface area contributed by atoms with Gasteiger partial charge >= 0.3 is 7.60 Å². The number of nitrogens with one attached hydrogen (secondary N) is 1. The summed E-state index contributed by atoms with van der Waals surface area (Å²) in [6.07, 6.45) is 2.79. The van der Waals surface area contributed by atoms with Crippen molar-refractivity contribution in [3.05, 3.63) is 16.7 Å². The van der Waals surface area contributed by atoms with E-state index in [2.05, 4.69) is 15.0 Å². The first-order chi connectivity index (χ1) is 11.8. The highest BCUT2D eigenvalue weighted by molar-refractivity contribution is 7.51. The Bertz CT molecular complexity index is 800. The van der Waals surface area contributed by atoms with Crippen LogP contribution in [-0.2, 0) is 9.30 Å². The first kappa shape index (κ1) is 19.5. The highest BCUT2D eigenvalue weighted by atomic mass is 31.2. The Labute approximate surface area is 143 Å². The van der Waals surface area contributed by atoms with E-state index in [4.69, 9.17) is 20.3 Å². The van der Waals surface area contributed by atoms with E-state index in [1.54, 1.807) is 0 Å². The third-order valence-electron chi connectivity index (χ3n) is 3.53. The molecule has 0 saturated heterocycles. The van der Waals surface area contributed by atoms with Crippen LogP contribution in [0.2, 0.25) is 0 Å². The summed E-state index contributed by atoms with van der Waals surface area (Å²) < 4.78 is 17.4. The van der Waals surface area contributed by atoms with Crippen molar-refractivity contribution in [1.82, 2.24) is 19.5 Å². The molecule has 6 N–H and O–H groups in total. The number of hydrogen-bond donors (Lipinski definition) is 5. The van der Waals surface area contributed by atoms with Crippen molar-refractivity contribution in [3.8, 4) is 0 Å². The maximum Gasteiger partial charge on any atom is 0.325 e. The Morgan fingerprint density at radius 1 is 1.32 bits per heavy atom. The second kappa shape index (κ2) is 8.54. The Morgan fingerprint density at radius 2 is 2.04 bits per heavy atom. The van der Waals surface area contributed by atoms with Crippen molar-refractivity contribution < 1.29 is 24.2 Å². The molecule has 2 rings (SSSR count). The van der Waals surface area contributed by atoms with Crippen LogP contribution in [0.3, 0.4) is 0 Å². The minimum absolute atomic E-state index is 0.0116. The molecule has 140 valence electrons. The normalized spacial score (nSPS) is 13.4. The maximum absolute atomic E-state index is 11.7. The number of unbranched alkanes of at least 4 members (excludes halogenated alkanes) is 3. The fourth-order valence-electron chi connectivity index (χ4n) is 2.31. The third kappa shape index (κ3) is 5.91. The molecule has 0 bridgehead atoms. The first-order valence-electron chi connectivity index (χ1n) is 7.80. The predicted molar refractivity (Wildman–Crippen MR) is 90.0 cm³/mol. The van der Waals surface area contributed by atoms with E-state index in [1.165, 1.54) is 10.9 Å². The second-order valence-corrected chi connectivity index (χ2v) is 7.41. The number of fused-ring (bicyclic) bond motifs is 1. The van der Waals surface area contributed by atoms with Gasteiger partial charge in [-0.1, -0.05) is 12.8 Å². The number of aromatic nitrogens is 4. The molecule has 0 aliphatic carbocycles. The average Bonchev–Trinajstić information content (AvgIpc) is 2.92. The van der Waals surface area contributed by atoms with Crippen molar-refractivity contribution >= 4 is 24.7 Å². The Balaban J connectivity index is 1.73. The Kier molecular flexibility index (Phi) is 6.68. The van der Waals surface area contributed by atoms with Gasteiger partial charge in [0, 0.05) is 12.8 Å². The lowest BCUT2D eigenvalue weighted by Gasteiger charge is -2.13. The molecule has 11 nitrogen and oxygen atoms in total. The zero-order chi connectivity index (χ0) is 18.4. The van der Waals surface area contributed by atoms with Crippen LogP contribution >= 0.6 is 7.60 Å². The quantitative estimate of drug-likeness (QED) is 0.281. The van der Waals surface area contributed by atoms with E-state index in [0.29, 0.717) is 25.9 Å². The zero-order valence-electron chi connectivity index (χ0n) is 13.5. The summed E-state index contributed by atoms with van der Waals surface area (Å²) in [4.78, 5) is 39.3. The van der Waals surface area contributed by atoms with Crippen LogP contribution in [0.25, 0.3) is 11.2 Å². The standard InChI is InChI=1S/C13H22N5O6P/c14-13-16-11-10(12(20)17-13)15-8-18(11)9(19)7-24-5-3-1-2-4-6-25(21,22)23/h8-9,19H,1-7H2,(H2,21,22,23)(H3,14,16,17,20). The number of aromatic amines is 1. The van der Waals surface area contributed by atoms with Gasteiger partial charge in [0.25, 0.3) is 5.56 Å². The van der Waals surface area contributed by atoms with Crippen LogP contribution < -0.4 is 11.3 Å². The minimum Gasteiger partial charge on any atom is -0.377 e. The Hall–Kier alpha value is -1.78. The van der Waals surface area contributed by atoms with E-state index >= 15 is 0 Å². The van der Waals surface area contributed by atoms with E-state index in [-0.39, 0.29) is 29.9 Å². The molecular weight excluding hydrogens is 353 g/mol. The molecule has 12 heteroatoms. The SMILES string of the molecule is Nc1nc2c(ncn2C(O)COCCCCCCP(=O)(O)O)c(=O)[nH]1. The van der Waals surface area contributed by atoms with Crippen LogP contribution in [-0.4, -0.2) is 53.8 Å². The van der Waals surface area contributed by atoms with Crippen LogP contribution in [0.5, 0.6) is 0 Å². The van der Waals surface area contributed by atoms with Crippen molar-refractivity contribution in [3.63, 3.8) is 0 Å². The number of ether oxygens (including phenoxy) is 1. The number of nitrogens with two attached hydrogens (primary N) is 1. The lowest BCUT2D eigenvalue weighted by atomic mass is 10.2. The molecule has 0 saturated carbocycles. The topological polar surface area (TPSA) is 177 Å². The van der Waals surface area contributed by atoms with Crippen LogP contribution in [0.4, 0.5) is 5.95 Å². The molecule has 0 radical (unpaired) electrons. The minimum atomic E-state index is -3.91. The first-order valence-corrected chi connectivity index (χ1v) is 9.60. The van der Waals surface area contributed by atoms with E-state index in [9.17, 15) is 14.5 Å². The predicted octanol–water partition coefficient (Wildman–Crippen LogP) is -0.0526. The van der Waals surface area contributed by atoms with E-state index in [1.807, 2.05) is 0 Å². The number of imidazole rings is 1. The van der Waals surface area contributed by atoms with Crippen molar-refractivity contribution in [2.24, 2.45) is 0 Å². The van der Waals surface area contributed by atoms with Crippen LogP contribution in [0, 0.1) is 0 Å². The van der Waals surface area contributed by atoms with Crippen LogP contribution in [0.1, 0.15) is 31.9 Å². The smallest absolute Gasteiger partial charge is 0.325 e. The number of nitrogens with zero attached hydrogens (tertiary/aromatic N) is 3. The highest BCUT2D eigenvalue weighted by Gasteiger charge is 2.15. The summed E-state index contributed by atoms with van der Waals surface area (Å²) in [5.41, 5.74) is 5.27. The fraction of sp³-hybridized carbons (Fsp3) is 0.615. The summed E-state index contributed by atoms with van der Waals surface area (Å²) in [5.74, 6) is -0.0670. The lowest BCUT2D eigenvalue weighted by molar-refractivity contribution is -0.00288. The molecule has 2 heterocycles. The van der Waals surface area contributed by atoms with Gasteiger partial charge in [-0.25, -0.2) is 4.98 Å². The van der Waals surface area contributed by atoms with Crippen molar-refractivity contribution in [2.45, 2.75) is 31.9 Å². The number of aliphatic hydroxyl groups excluding tert-OH is 1. The van der Waals surface area contributed by atoms with Gasteiger partial charge in [0.1, 0.15) is 0 Å². The lowest BCUT2D eigenvalue weighted by Crippen LogP contribution is -2.17. The third-order valence-corrected chi connectivity index (χ3v) is 4.43. The van der Waals surface area contributed by atoms with E-state index in [0.717, 1.165) is 6.42 Å². The molecule has 2 aromatic heterocycles. The molecule has 0 fully saturated rings. The number of anilines is 1.